The Balaban J connectivity index is 2.72. The number of carboxylic acids is 2. The first-order valence-corrected chi connectivity index (χ1v) is 9.96. The van der Waals surface area contributed by atoms with E-state index >= 15 is 0 Å². The third kappa shape index (κ3) is 7.65. The molecule has 0 bridgehead atoms. The van der Waals surface area contributed by atoms with E-state index in [9.17, 15) is 34.5 Å². The average molecular weight is 465 g/mol. The second kappa shape index (κ2) is 12.6. The third-order valence-corrected chi connectivity index (χ3v) is 5.02. The maximum absolute atomic E-state index is 12.4. The van der Waals surface area contributed by atoms with Gasteiger partial charge in [-0.3, -0.25) is 14.4 Å². The number of hydrogen-bond donors (Lipinski definition) is 8. The summed E-state index contributed by atoms with van der Waals surface area (Å²) in [4.78, 5) is 46.5. The van der Waals surface area contributed by atoms with Gasteiger partial charge in [0.2, 0.25) is 11.8 Å². The third-order valence-electron chi connectivity index (χ3n) is 5.02. The summed E-state index contributed by atoms with van der Waals surface area (Å²) in [6.07, 6.45) is -7.19. The van der Waals surface area contributed by atoms with Crippen LogP contribution in [0, 0.1) is 5.92 Å². The Morgan fingerprint density at radius 3 is 2.22 bits per heavy atom. The van der Waals surface area contributed by atoms with Gasteiger partial charge in [-0.25, -0.2) is 4.79 Å². The van der Waals surface area contributed by atoms with Crippen molar-refractivity contribution >= 4 is 23.8 Å². The van der Waals surface area contributed by atoms with E-state index in [2.05, 4.69) is 10.6 Å². The fraction of sp³-hybridized carbons (Fsp3) is 0.778. The number of hydrogen-bond acceptors (Lipinski definition) is 10. The number of carboxylic acid groups (broad SMARTS) is 2. The van der Waals surface area contributed by atoms with Gasteiger partial charge in [0.15, 0.2) is 6.29 Å². The summed E-state index contributed by atoms with van der Waals surface area (Å²) in [5.41, 5.74) is 5.59. The van der Waals surface area contributed by atoms with Crippen molar-refractivity contribution in [2.24, 2.45) is 11.7 Å². The molecule has 0 saturated carbocycles. The van der Waals surface area contributed by atoms with Gasteiger partial charge in [-0.2, -0.15) is 0 Å². The van der Waals surface area contributed by atoms with E-state index in [1.165, 1.54) is 13.8 Å². The van der Waals surface area contributed by atoms with E-state index in [0.717, 1.165) is 0 Å². The first-order chi connectivity index (χ1) is 14.9. The summed E-state index contributed by atoms with van der Waals surface area (Å²) >= 11 is 0. The molecule has 9 N–H and O–H groups in total. The first kappa shape index (κ1) is 27.7. The molecular weight excluding hydrogens is 434 g/mol. The molecule has 1 aliphatic heterocycles. The highest BCUT2D eigenvalue weighted by Crippen LogP contribution is 2.27. The predicted molar refractivity (Wildman–Crippen MR) is 105 cm³/mol. The van der Waals surface area contributed by atoms with Crippen LogP contribution in [0.1, 0.15) is 26.7 Å². The van der Waals surface area contributed by atoms with Crippen molar-refractivity contribution < 1.29 is 54.2 Å². The molecule has 1 fully saturated rings. The molecule has 32 heavy (non-hydrogen) atoms. The standard InChI is InChI=1S/C18H31N3O11/c1-7(15(26)21-10(17(28)29)3-4-12(23)24)20-16(27)8(2)31-14-9(5-19)18(30)32-11(6-22)13(14)25/h7-11,13-14,18,22,25,30H,3-6,19H2,1-2H3,(H,20,27)(H,21,26)(H,23,24)(H,28,29)/t7-,8+,9-,10+,11?,13?,14+,18?/m0/s1. The number of carbonyl (C=O) groups excluding carboxylic acids is 2. The average Bonchev–Trinajstić information content (AvgIpc) is 2.72. The summed E-state index contributed by atoms with van der Waals surface area (Å²) < 4.78 is 10.6. The number of aliphatic hydroxyl groups is 3. The van der Waals surface area contributed by atoms with Crippen molar-refractivity contribution in [2.75, 3.05) is 13.2 Å². The number of aliphatic carboxylic acids is 2. The summed E-state index contributed by atoms with van der Waals surface area (Å²) in [6.45, 7) is 1.84. The van der Waals surface area contributed by atoms with Gasteiger partial charge >= 0.3 is 11.9 Å². The highest BCUT2D eigenvalue weighted by Gasteiger charge is 2.45. The van der Waals surface area contributed by atoms with Crippen LogP contribution in [-0.2, 0) is 28.7 Å². The molecule has 0 spiro atoms. The van der Waals surface area contributed by atoms with Gasteiger partial charge in [-0.15, -0.1) is 0 Å². The van der Waals surface area contributed by atoms with Crippen LogP contribution in [0.15, 0.2) is 0 Å². The summed E-state index contributed by atoms with van der Waals surface area (Å²) in [6, 6.07) is -2.65. The molecule has 1 aliphatic rings. The van der Waals surface area contributed by atoms with Crippen molar-refractivity contribution in [3.63, 3.8) is 0 Å². The molecule has 8 atom stereocenters. The van der Waals surface area contributed by atoms with Crippen LogP contribution in [0.25, 0.3) is 0 Å². The summed E-state index contributed by atoms with van der Waals surface area (Å²) in [5.74, 6) is -5.18. The van der Waals surface area contributed by atoms with Crippen LogP contribution < -0.4 is 16.4 Å². The molecule has 1 rings (SSSR count). The lowest BCUT2D eigenvalue weighted by Gasteiger charge is -2.42. The smallest absolute Gasteiger partial charge is 0.326 e. The van der Waals surface area contributed by atoms with E-state index in [-0.39, 0.29) is 13.0 Å². The molecule has 3 unspecified atom stereocenters. The van der Waals surface area contributed by atoms with Crippen molar-refractivity contribution in [2.45, 2.75) is 69.5 Å². The number of nitrogens with two attached hydrogens (primary N) is 1. The van der Waals surface area contributed by atoms with E-state index in [1.807, 2.05) is 0 Å². The molecule has 2 amide bonds. The normalized spacial score (nSPS) is 28.2. The van der Waals surface area contributed by atoms with E-state index in [0.29, 0.717) is 0 Å². The van der Waals surface area contributed by atoms with E-state index < -0.39 is 85.5 Å². The molecule has 14 heteroatoms. The van der Waals surface area contributed by atoms with Gasteiger partial charge in [0, 0.05) is 13.0 Å². The van der Waals surface area contributed by atoms with E-state index in [1.54, 1.807) is 0 Å². The molecule has 0 radical (unpaired) electrons. The Bertz CT molecular complexity index is 677. The zero-order valence-corrected chi connectivity index (χ0v) is 17.7. The van der Waals surface area contributed by atoms with Crippen LogP contribution in [-0.4, -0.2) is 105 Å². The van der Waals surface area contributed by atoms with Crippen LogP contribution in [0.3, 0.4) is 0 Å². The molecular formula is C18H31N3O11. The molecule has 0 aliphatic carbocycles. The second-order valence-electron chi connectivity index (χ2n) is 7.44. The van der Waals surface area contributed by atoms with Gasteiger partial charge in [0.05, 0.1) is 18.6 Å². The molecule has 0 aromatic carbocycles. The van der Waals surface area contributed by atoms with Crippen LogP contribution in [0.4, 0.5) is 0 Å². The van der Waals surface area contributed by atoms with Gasteiger partial charge in [-0.1, -0.05) is 0 Å². The molecule has 0 aromatic rings. The fourth-order valence-corrected chi connectivity index (χ4v) is 3.09. The van der Waals surface area contributed by atoms with Gasteiger partial charge in [0.1, 0.15) is 30.4 Å². The SMILES string of the molecule is C[C@H](NC(=O)[C@@H](C)O[C@H]1C(O)C(CO)OC(O)[C@H]1CN)C(=O)N[C@H](CCC(=O)O)C(=O)O. The molecule has 14 nitrogen and oxygen atoms in total. The van der Waals surface area contributed by atoms with Crippen molar-refractivity contribution in [3.8, 4) is 0 Å². The number of carbonyl (C=O) groups is 4. The maximum atomic E-state index is 12.4. The lowest BCUT2D eigenvalue weighted by molar-refractivity contribution is -0.280. The number of rotatable bonds is 12. The van der Waals surface area contributed by atoms with E-state index in [4.69, 9.17) is 25.4 Å². The Hall–Kier alpha value is -2.36. The summed E-state index contributed by atoms with van der Waals surface area (Å²) in [7, 11) is 0. The molecule has 1 heterocycles. The Kier molecular flexibility index (Phi) is 10.9. The number of ether oxygens (including phenoxy) is 2. The molecule has 0 aromatic heterocycles. The summed E-state index contributed by atoms with van der Waals surface area (Å²) in [5, 5.41) is 51.8. The monoisotopic (exact) mass is 465 g/mol. The lowest BCUT2D eigenvalue weighted by Crippen LogP contribution is -2.60. The maximum Gasteiger partial charge on any atom is 0.326 e. The first-order valence-electron chi connectivity index (χ1n) is 9.96. The molecule has 1 saturated heterocycles. The predicted octanol–water partition coefficient (Wildman–Crippen LogP) is -3.66. The second-order valence-corrected chi connectivity index (χ2v) is 7.44. The topological polar surface area (TPSA) is 238 Å². The number of nitrogens with one attached hydrogen (secondary N) is 2. The number of amides is 2. The van der Waals surface area contributed by atoms with Gasteiger partial charge in [0.25, 0.3) is 0 Å². The minimum absolute atomic E-state index is 0.152. The highest BCUT2D eigenvalue weighted by molar-refractivity contribution is 5.91. The molecule has 184 valence electrons. The Morgan fingerprint density at radius 2 is 1.72 bits per heavy atom. The fourth-order valence-electron chi connectivity index (χ4n) is 3.09. The minimum atomic E-state index is -1.45. The van der Waals surface area contributed by atoms with Gasteiger partial charge in [-0.05, 0) is 20.3 Å². The van der Waals surface area contributed by atoms with Crippen molar-refractivity contribution in [1.82, 2.24) is 10.6 Å². The minimum Gasteiger partial charge on any atom is -0.481 e. The zero-order chi connectivity index (χ0) is 24.6. The lowest BCUT2D eigenvalue weighted by atomic mass is 9.90. The van der Waals surface area contributed by atoms with Crippen LogP contribution >= 0.6 is 0 Å². The number of aliphatic hydroxyl groups excluding tert-OH is 3. The van der Waals surface area contributed by atoms with Crippen molar-refractivity contribution in [3.05, 3.63) is 0 Å². The Labute approximate surface area is 183 Å². The van der Waals surface area contributed by atoms with Crippen molar-refractivity contribution in [1.29, 1.82) is 0 Å². The zero-order valence-electron chi connectivity index (χ0n) is 17.7. The van der Waals surface area contributed by atoms with Gasteiger partial charge < -0.3 is 51.4 Å². The highest BCUT2D eigenvalue weighted by atomic mass is 16.6. The van der Waals surface area contributed by atoms with Crippen LogP contribution in [0.5, 0.6) is 0 Å². The Morgan fingerprint density at radius 1 is 1.09 bits per heavy atom. The quantitative estimate of drug-likeness (QED) is 0.139. The largest absolute Gasteiger partial charge is 0.481 e. The van der Waals surface area contributed by atoms with Crippen LogP contribution in [0.2, 0.25) is 0 Å².